The molecule has 0 aliphatic carbocycles. The van der Waals surface area contributed by atoms with Gasteiger partial charge < -0.3 is 27.5 Å². The van der Waals surface area contributed by atoms with E-state index in [2.05, 4.69) is 15.1 Å². The van der Waals surface area contributed by atoms with Gasteiger partial charge in [0.1, 0.15) is 18.9 Å². The molecule has 0 spiro atoms. The second kappa shape index (κ2) is 14.7. The molecule has 1 aliphatic heterocycles. The number of nitro benzene ring substituents is 1. The zero-order valence-corrected chi connectivity index (χ0v) is 24.9. The van der Waals surface area contributed by atoms with E-state index in [1.807, 2.05) is 0 Å². The fourth-order valence-electron chi connectivity index (χ4n) is 4.11. The quantitative estimate of drug-likeness (QED) is 0.0882. The van der Waals surface area contributed by atoms with Crippen molar-refractivity contribution >= 4 is 32.5 Å². The molecule has 2 aromatic rings. The van der Waals surface area contributed by atoms with E-state index < -0.39 is 37.6 Å². The van der Waals surface area contributed by atoms with Crippen LogP contribution in [0.15, 0.2) is 18.3 Å². The first-order valence-corrected chi connectivity index (χ1v) is 14.7. The predicted octanol–water partition coefficient (Wildman–Crippen LogP) is 2.36. The lowest BCUT2D eigenvalue weighted by atomic mass is 9.99. The maximum absolute atomic E-state index is 12.0. The van der Waals surface area contributed by atoms with Gasteiger partial charge in [0, 0.05) is 58.2 Å². The molecule has 0 radical (unpaired) electrons. The van der Waals surface area contributed by atoms with Crippen LogP contribution in [0.5, 0.6) is 11.5 Å². The highest BCUT2D eigenvalue weighted by Gasteiger charge is 2.37. The van der Waals surface area contributed by atoms with Crippen LogP contribution in [0.2, 0.25) is 6.04 Å². The third kappa shape index (κ3) is 7.99. The highest BCUT2D eigenvalue weighted by molar-refractivity contribution is 6.60. The van der Waals surface area contributed by atoms with E-state index in [9.17, 15) is 24.5 Å². The number of carbonyl (C=O) groups is 3. The van der Waals surface area contributed by atoms with Crippen molar-refractivity contribution in [3.05, 3.63) is 39.7 Å². The maximum atomic E-state index is 12.0. The molecule has 1 saturated heterocycles. The summed E-state index contributed by atoms with van der Waals surface area (Å²) in [5.74, 6) is -1.72. The van der Waals surface area contributed by atoms with E-state index in [4.69, 9.17) is 27.5 Å². The molecule has 230 valence electrons. The largest absolute Gasteiger partial charge is 0.533 e. The average Bonchev–Trinajstić information content (AvgIpc) is 3.58. The van der Waals surface area contributed by atoms with Gasteiger partial charge in [0.25, 0.3) is 17.5 Å². The smallest absolute Gasteiger partial charge is 0.493 e. The maximum Gasteiger partial charge on any atom is 0.533 e. The summed E-state index contributed by atoms with van der Waals surface area (Å²) in [6.45, 7) is 1.72. The van der Waals surface area contributed by atoms with Crippen molar-refractivity contribution in [3.8, 4) is 11.5 Å². The summed E-state index contributed by atoms with van der Waals surface area (Å²) in [5, 5.41) is 20.4. The van der Waals surface area contributed by atoms with Gasteiger partial charge in [-0.1, -0.05) is 17.2 Å². The van der Waals surface area contributed by atoms with Crippen LogP contribution in [-0.2, 0) is 45.6 Å². The highest BCUT2D eigenvalue weighted by Crippen LogP contribution is 2.38. The third-order valence-corrected chi connectivity index (χ3v) is 9.26. The molecule has 0 saturated carbocycles. The summed E-state index contributed by atoms with van der Waals surface area (Å²) in [7, 11) is 3.31. The van der Waals surface area contributed by atoms with Crippen molar-refractivity contribution in [1.82, 2.24) is 20.1 Å². The van der Waals surface area contributed by atoms with Gasteiger partial charge in [-0.2, -0.15) is 0 Å². The molecule has 0 N–H and O–H groups in total. The minimum Gasteiger partial charge on any atom is -0.493 e. The number of hydroxylamine groups is 2. The van der Waals surface area contributed by atoms with E-state index in [-0.39, 0.29) is 48.8 Å². The lowest BCUT2D eigenvalue weighted by Gasteiger charge is -2.24. The summed E-state index contributed by atoms with van der Waals surface area (Å²) in [6, 6.07) is 3.20. The summed E-state index contributed by atoms with van der Waals surface area (Å²) >= 11 is 0. The molecule has 1 aromatic heterocycles. The van der Waals surface area contributed by atoms with E-state index in [0.717, 1.165) is 0 Å². The highest BCUT2D eigenvalue weighted by atomic mass is 28.4. The number of nitrogens with zero attached hydrogens (tertiary/aromatic N) is 5. The monoisotopic (exact) mass is 611 g/mol. The molecule has 2 heterocycles. The van der Waals surface area contributed by atoms with Gasteiger partial charge in [-0.3, -0.25) is 29.2 Å². The lowest BCUT2D eigenvalue weighted by Crippen LogP contribution is -2.42. The number of imide groups is 1. The first-order chi connectivity index (χ1) is 20.1. The summed E-state index contributed by atoms with van der Waals surface area (Å²) in [6.07, 6.45) is 0.933. The molecular formula is C24H33N5O12Si. The standard InChI is InChI=1S/C24H33N5O12Si/c1-16(14-40-24(32)41-28-22(30)7-8-23(28)31)18-11-20(35-2)21(12-19(18)29(33)34)39-15-17-13-27(26-25-17)9-6-10-42(36-3,37-4)38-5/h11-13,16H,6-10,14-15H2,1-5H3. The van der Waals surface area contributed by atoms with Crippen LogP contribution in [0.25, 0.3) is 0 Å². The molecule has 2 amide bonds. The first-order valence-electron chi connectivity index (χ1n) is 12.8. The predicted molar refractivity (Wildman–Crippen MR) is 142 cm³/mol. The van der Waals surface area contributed by atoms with E-state index in [1.54, 1.807) is 39.1 Å². The van der Waals surface area contributed by atoms with Crippen LogP contribution in [0.4, 0.5) is 10.5 Å². The number of benzene rings is 1. The zero-order chi connectivity index (χ0) is 30.9. The normalized spacial score (nSPS) is 14.2. The van der Waals surface area contributed by atoms with Crippen molar-refractivity contribution in [3.63, 3.8) is 0 Å². The number of rotatable bonds is 16. The average molecular weight is 612 g/mol. The molecule has 1 aliphatic rings. The molecular weight excluding hydrogens is 578 g/mol. The van der Waals surface area contributed by atoms with Gasteiger partial charge >= 0.3 is 15.0 Å². The Morgan fingerprint density at radius 2 is 1.76 bits per heavy atom. The molecule has 1 atom stereocenters. The fourth-order valence-corrected chi connectivity index (χ4v) is 5.81. The first kappa shape index (κ1) is 32.4. The van der Waals surface area contributed by atoms with Gasteiger partial charge in [0.05, 0.1) is 24.3 Å². The van der Waals surface area contributed by atoms with E-state index >= 15 is 0 Å². The molecule has 17 nitrogen and oxygen atoms in total. The number of hydrogen-bond donors (Lipinski definition) is 0. The minimum absolute atomic E-state index is 0.0434. The number of amides is 2. The Hall–Kier alpha value is -4.13. The van der Waals surface area contributed by atoms with E-state index in [1.165, 1.54) is 19.2 Å². The Morgan fingerprint density at radius 3 is 2.36 bits per heavy atom. The van der Waals surface area contributed by atoms with Crippen molar-refractivity contribution in [1.29, 1.82) is 0 Å². The number of methoxy groups -OCH3 is 1. The number of aryl methyl sites for hydroxylation is 1. The molecule has 0 bridgehead atoms. The van der Waals surface area contributed by atoms with Gasteiger partial charge in [-0.25, -0.2) is 4.79 Å². The molecule has 3 rings (SSSR count). The van der Waals surface area contributed by atoms with Crippen molar-refractivity contribution in [2.75, 3.05) is 35.0 Å². The number of ether oxygens (including phenoxy) is 3. The van der Waals surface area contributed by atoms with Crippen LogP contribution < -0.4 is 9.47 Å². The number of nitro groups is 1. The summed E-state index contributed by atoms with van der Waals surface area (Å²) in [5.41, 5.74) is 0.373. The Morgan fingerprint density at radius 1 is 1.10 bits per heavy atom. The van der Waals surface area contributed by atoms with Crippen LogP contribution in [0.1, 0.15) is 43.4 Å². The van der Waals surface area contributed by atoms with Crippen LogP contribution >= 0.6 is 0 Å². The van der Waals surface area contributed by atoms with Crippen LogP contribution in [0, 0.1) is 10.1 Å². The lowest BCUT2D eigenvalue weighted by molar-refractivity contribution is -0.385. The number of carbonyl (C=O) groups excluding carboxylic acids is 3. The SMILES string of the molecule is COc1cc(C(C)COC(=O)ON2C(=O)CCC2=O)c([N+](=O)[O-])cc1OCc1cn(CCC[Si](OC)(OC)OC)nn1. The molecule has 1 unspecified atom stereocenters. The topological polar surface area (TPSA) is 193 Å². The molecule has 18 heteroatoms. The van der Waals surface area contributed by atoms with Crippen molar-refractivity contribution < 1.29 is 51.6 Å². The fraction of sp³-hybridized carbons (Fsp3) is 0.542. The Labute approximate surface area is 242 Å². The third-order valence-electron chi connectivity index (χ3n) is 6.43. The molecule has 42 heavy (non-hydrogen) atoms. The second-order valence-electron chi connectivity index (χ2n) is 9.11. The van der Waals surface area contributed by atoms with Crippen LogP contribution in [0.3, 0.4) is 0 Å². The van der Waals surface area contributed by atoms with E-state index in [0.29, 0.717) is 29.8 Å². The number of hydrogen-bond acceptors (Lipinski definition) is 14. The molecule has 1 aromatic carbocycles. The number of aromatic nitrogens is 3. The Balaban J connectivity index is 1.62. The van der Waals surface area contributed by atoms with Gasteiger partial charge in [-0.05, 0) is 12.5 Å². The van der Waals surface area contributed by atoms with Crippen LogP contribution in [-0.4, -0.2) is 86.8 Å². The van der Waals surface area contributed by atoms with Gasteiger partial charge in [0.15, 0.2) is 11.5 Å². The van der Waals surface area contributed by atoms with Crippen molar-refractivity contribution in [2.45, 2.75) is 51.3 Å². The minimum atomic E-state index is -2.70. The summed E-state index contributed by atoms with van der Waals surface area (Å²) < 4.78 is 34.0. The molecule has 1 fully saturated rings. The summed E-state index contributed by atoms with van der Waals surface area (Å²) in [4.78, 5) is 51.1. The van der Waals surface area contributed by atoms with Gasteiger partial charge in [0.2, 0.25) is 0 Å². The second-order valence-corrected chi connectivity index (χ2v) is 12.2. The Kier molecular flexibility index (Phi) is 11.3. The zero-order valence-electron chi connectivity index (χ0n) is 23.9. The van der Waals surface area contributed by atoms with Gasteiger partial charge in [-0.15, -0.1) is 5.10 Å². The Bertz CT molecular complexity index is 1260. The van der Waals surface area contributed by atoms with Crippen molar-refractivity contribution in [2.24, 2.45) is 0 Å².